The van der Waals surface area contributed by atoms with Crippen molar-refractivity contribution in [2.75, 3.05) is 0 Å². The van der Waals surface area contributed by atoms with Gasteiger partial charge in [-0.05, 0) is 30.2 Å². The maximum Gasteiger partial charge on any atom is 0.0538 e. The van der Waals surface area contributed by atoms with E-state index in [0.29, 0.717) is 0 Å². The monoisotopic (exact) mass is 213 g/mol. The lowest BCUT2D eigenvalue weighted by Crippen LogP contribution is -1.77. The van der Waals surface area contributed by atoms with Crippen molar-refractivity contribution >= 4 is 31.5 Å². The second-order valence-corrected chi connectivity index (χ2v) is 4.74. The first-order valence-electron chi connectivity index (χ1n) is 5.13. The van der Waals surface area contributed by atoms with E-state index >= 15 is 0 Å². The van der Waals surface area contributed by atoms with Gasteiger partial charge in [0, 0.05) is 27.9 Å². The van der Waals surface area contributed by atoms with Crippen molar-refractivity contribution in [2.45, 2.75) is 13.3 Å². The minimum Gasteiger partial charge on any atom is -0.263 e. The van der Waals surface area contributed by atoms with Crippen molar-refractivity contribution in [2.24, 2.45) is 0 Å². The molecule has 0 saturated heterocycles. The Morgan fingerprint density at radius 2 is 2.07 bits per heavy atom. The predicted molar refractivity (Wildman–Crippen MR) is 66.5 cm³/mol. The number of benzene rings is 1. The zero-order valence-electron chi connectivity index (χ0n) is 8.53. The van der Waals surface area contributed by atoms with Gasteiger partial charge in [-0.15, -0.1) is 11.3 Å². The molecule has 0 unspecified atom stereocenters. The van der Waals surface area contributed by atoms with Gasteiger partial charge in [0.05, 0.1) is 4.70 Å². The molecule has 3 rings (SSSR count). The van der Waals surface area contributed by atoms with Crippen LogP contribution >= 0.6 is 11.3 Å². The van der Waals surface area contributed by atoms with Crippen LogP contribution in [0.4, 0.5) is 0 Å². The fraction of sp³-hybridized carbons (Fsp3) is 0.154. The molecule has 0 spiro atoms. The SMILES string of the molecule is CCc1ccc2sc3cnccc3c2c1. The van der Waals surface area contributed by atoms with E-state index in [1.165, 1.54) is 25.7 Å². The van der Waals surface area contributed by atoms with Crippen LogP contribution in [0.25, 0.3) is 20.2 Å². The number of aromatic nitrogens is 1. The van der Waals surface area contributed by atoms with Crippen LogP contribution in [0.1, 0.15) is 12.5 Å². The highest BCUT2D eigenvalue weighted by Gasteiger charge is 2.04. The largest absolute Gasteiger partial charge is 0.263 e. The van der Waals surface area contributed by atoms with Gasteiger partial charge in [-0.3, -0.25) is 4.98 Å². The van der Waals surface area contributed by atoms with Gasteiger partial charge < -0.3 is 0 Å². The normalized spacial score (nSPS) is 11.3. The molecular weight excluding hydrogens is 202 g/mol. The number of thiophene rings is 1. The van der Waals surface area contributed by atoms with Crippen LogP contribution in [-0.4, -0.2) is 4.98 Å². The predicted octanol–water partition coefficient (Wildman–Crippen LogP) is 4.01. The average Bonchev–Trinajstić information content (AvgIpc) is 2.66. The minimum absolute atomic E-state index is 1.10. The van der Waals surface area contributed by atoms with E-state index in [1.54, 1.807) is 0 Å². The summed E-state index contributed by atoms with van der Waals surface area (Å²) in [5.41, 5.74) is 1.40. The summed E-state index contributed by atoms with van der Waals surface area (Å²) in [6, 6.07) is 8.84. The topological polar surface area (TPSA) is 12.9 Å². The van der Waals surface area contributed by atoms with Gasteiger partial charge in [0.25, 0.3) is 0 Å². The maximum absolute atomic E-state index is 4.16. The summed E-state index contributed by atoms with van der Waals surface area (Å²) < 4.78 is 2.64. The average molecular weight is 213 g/mol. The second kappa shape index (κ2) is 3.31. The number of nitrogens with zero attached hydrogens (tertiary/aromatic N) is 1. The Balaban J connectivity index is 2.46. The molecule has 0 aliphatic heterocycles. The molecular formula is C13H11NS. The van der Waals surface area contributed by atoms with Gasteiger partial charge in [-0.1, -0.05) is 13.0 Å². The van der Waals surface area contributed by atoms with Gasteiger partial charge in [0.1, 0.15) is 0 Å². The van der Waals surface area contributed by atoms with Crippen LogP contribution < -0.4 is 0 Å². The third-order valence-electron chi connectivity index (χ3n) is 2.75. The van der Waals surface area contributed by atoms with E-state index in [2.05, 4.69) is 36.2 Å². The lowest BCUT2D eigenvalue weighted by molar-refractivity contribution is 1.15. The zero-order chi connectivity index (χ0) is 10.3. The van der Waals surface area contributed by atoms with Crippen molar-refractivity contribution in [1.29, 1.82) is 0 Å². The van der Waals surface area contributed by atoms with E-state index in [0.717, 1.165) is 6.42 Å². The molecule has 74 valence electrons. The van der Waals surface area contributed by atoms with E-state index in [9.17, 15) is 0 Å². The van der Waals surface area contributed by atoms with Crippen LogP contribution in [0.2, 0.25) is 0 Å². The molecule has 0 amide bonds. The summed E-state index contributed by atoms with van der Waals surface area (Å²) in [5, 5.41) is 2.71. The Hall–Kier alpha value is -1.41. The molecule has 2 heteroatoms. The number of aryl methyl sites for hydroxylation is 1. The van der Waals surface area contributed by atoms with Crippen LogP contribution in [0.5, 0.6) is 0 Å². The third kappa shape index (κ3) is 1.33. The number of hydrogen-bond acceptors (Lipinski definition) is 2. The van der Waals surface area contributed by atoms with E-state index < -0.39 is 0 Å². The van der Waals surface area contributed by atoms with Gasteiger partial charge in [-0.25, -0.2) is 0 Å². The smallest absolute Gasteiger partial charge is 0.0538 e. The van der Waals surface area contributed by atoms with Crippen LogP contribution in [-0.2, 0) is 6.42 Å². The molecule has 3 aromatic rings. The van der Waals surface area contributed by atoms with Crippen molar-refractivity contribution in [3.8, 4) is 0 Å². The number of fused-ring (bicyclic) bond motifs is 3. The quantitative estimate of drug-likeness (QED) is 0.595. The molecule has 2 heterocycles. The summed E-state index contributed by atoms with van der Waals surface area (Å²) in [7, 11) is 0. The van der Waals surface area contributed by atoms with Crippen molar-refractivity contribution in [1.82, 2.24) is 4.98 Å². The van der Waals surface area contributed by atoms with Gasteiger partial charge in [-0.2, -0.15) is 0 Å². The molecule has 0 saturated carbocycles. The van der Waals surface area contributed by atoms with E-state index in [-0.39, 0.29) is 0 Å². The molecule has 0 aliphatic carbocycles. The fourth-order valence-electron chi connectivity index (χ4n) is 1.90. The molecule has 0 aliphatic rings. The molecule has 0 atom stereocenters. The van der Waals surface area contributed by atoms with Crippen LogP contribution in [0, 0.1) is 0 Å². The van der Waals surface area contributed by atoms with Gasteiger partial charge >= 0.3 is 0 Å². The Kier molecular flexibility index (Phi) is 1.96. The molecule has 0 N–H and O–H groups in total. The molecule has 0 fully saturated rings. The molecule has 1 nitrogen and oxygen atoms in total. The molecule has 0 radical (unpaired) electrons. The Bertz CT molecular complexity index is 625. The molecule has 15 heavy (non-hydrogen) atoms. The number of rotatable bonds is 1. The summed E-state index contributed by atoms with van der Waals surface area (Å²) in [6.45, 7) is 2.19. The zero-order valence-corrected chi connectivity index (χ0v) is 9.34. The fourth-order valence-corrected chi connectivity index (χ4v) is 2.95. The lowest BCUT2D eigenvalue weighted by Gasteiger charge is -1.96. The molecule has 2 aromatic heterocycles. The van der Waals surface area contributed by atoms with Crippen molar-refractivity contribution < 1.29 is 0 Å². The van der Waals surface area contributed by atoms with Crippen molar-refractivity contribution in [3.63, 3.8) is 0 Å². The first-order chi connectivity index (χ1) is 7.38. The van der Waals surface area contributed by atoms with Crippen LogP contribution in [0.3, 0.4) is 0 Å². The molecule has 1 aromatic carbocycles. The first-order valence-corrected chi connectivity index (χ1v) is 5.95. The van der Waals surface area contributed by atoms with Gasteiger partial charge in [0.15, 0.2) is 0 Å². The van der Waals surface area contributed by atoms with Crippen LogP contribution in [0.15, 0.2) is 36.7 Å². The van der Waals surface area contributed by atoms with E-state index in [1.807, 2.05) is 23.7 Å². The number of pyridine rings is 1. The molecule has 0 bridgehead atoms. The highest BCUT2D eigenvalue weighted by molar-refractivity contribution is 7.25. The van der Waals surface area contributed by atoms with Gasteiger partial charge in [0.2, 0.25) is 0 Å². The Morgan fingerprint density at radius 1 is 1.13 bits per heavy atom. The van der Waals surface area contributed by atoms with Crippen molar-refractivity contribution in [3.05, 3.63) is 42.2 Å². The highest BCUT2D eigenvalue weighted by atomic mass is 32.1. The third-order valence-corrected chi connectivity index (χ3v) is 3.87. The Morgan fingerprint density at radius 3 is 2.93 bits per heavy atom. The highest BCUT2D eigenvalue weighted by Crippen LogP contribution is 2.33. The van der Waals surface area contributed by atoms with E-state index in [4.69, 9.17) is 0 Å². The number of hydrogen-bond donors (Lipinski definition) is 0. The minimum atomic E-state index is 1.10. The maximum atomic E-state index is 4.16. The summed E-state index contributed by atoms with van der Waals surface area (Å²) in [4.78, 5) is 4.16. The standard InChI is InChI=1S/C13H11NS/c1-2-9-3-4-12-11(7-9)10-5-6-14-8-13(10)15-12/h3-8H,2H2,1H3. The summed E-state index contributed by atoms with van der Waals surface area (Å²) in [6.07, 6.45) is 4.91. The summed E-state index contributed by atoms with van der Waals surface area (Å²) >= 11 is 1.82. The lowest BCUT2D eigenvalue weighted by atomic mass is 10.1. The first kappa shape index (κ1) is 8.86. The second-order valence-electron chi connectivity index (χ2n) is 3.66. The Labute approximate surface area is 92.4 Å². The summed E-state index contributed by atoms with van der Waals surface area (Å²) in [5.74, 6) is 0.